The zero-order chi connectivity index (χ0) is 26.3. The Morgan fingerprint density at radius 3 is 2.23 bits per heavy atom. The van der Waals surface area contributed by atoms with E-state index in [-0.39, 0.29) is 31.1 Å². The van der Waals surface area contributed by atoms with Crippen LogP contribution in [0.2, 0.25) is 0 Å². The highest BCUT2D eigenvalue weighted by Gasteiger charge is 2.39. The zero-order valence-electron chi connectivity index (χ0n) is 19.6. The van der Waals surface area contributed by atoms with Crippen molar-refractivity contribution in [3.8, 4) is 5.75 Å². The predicted octanol–water partition coefficient (Wildman–Crippen LogP) is -0.562. The number of carbonyl (C=O) groups excluding carboxylic acids is 3. The van der Waals surface area contributed by atoms with E-state index in [9.17, 15) is 34.2 Å². The summed E-state index contributed by atoms with van der Waals surface area (Å²) in [5, 5.41) is 32.5. The molecule has 1 aliphatic rings. The van der Waals surface area contributed by atoms with Crippen LogP contribution >= 0.6 is 0 Å². The molecule has 2 rings (SSSR count). The zero-order valence-corrected chi connectivity index (χ0v) is 19.6. The van der Waals surface area contributed by atoms with Crippen LogP contribution in [0.5, 0.6) is 5.75 Å². The number of hydrogen-bond acceptors (Lipinski definition) is 7. The maximum Gasteiger partial charge on any atom is 0.326 e. The number of hydrogen-bond donors (Lipinski definition) is 6. The van der Waals surface area contributed by atoms with Crippen LogP contribution in [0.1, 0.15) is 38.7 Å². The number of nitrogens with two attached hydrogens (primary N) is 1. The van der Waals surface area contributed by atoms with Crippen molar-refractivity contribution in [1.82, 2.24) is 15.5 Å². The van der Waals surface area contributed by atoms with Gasteiger partial charge in [-0.3, -0.25) is 19.2 Å². The molecular formula is C23H32N4O8. The number of aliphatic carboxylic acids is 2. The van der Waals surface area contributed by atoms with Crippen LogP contribution in [-0.4, -0.2) is 80.6 Å². The fraction of sp³-hybridized carbons (Fsp3) is 0.522. The Morgan fingerprint density at radius 1 is 1.06 bits per heavy atom. The molecule has 4 atom stereocenters. The molecular weight excluding hydrogens is 460 g/mol. The van der Waals surface area contributed by atoms with Gasteiger partial charge in [0, 0.05) is 13.0 Å². The SMILES string of the molecule is CC(C)C(N)C(=O)NC(Cc1ccc(O)cc1)C(=O)N1CCCC1C(=O)NC(CC(=O)O)C(=O)O. The molecule has 1 aromatic rings. The van der Waals surface area contributed by atoms with Gasteiger partial charge in [0.15, 0.2) is 0 Å². The highest BCUT2D eigenvalue weighted by atomic mass is 16.4. The molecule has 12 nitrogen and oxygen atoms in total. The monoisotopic (exact) mass is 492 g/mol. The van der Waals surface area contributed by atoms with Gasteiger partial charge in [-0.2, -0.15) is 0 Å². The van der Waals surface area contributed by atoms with Crippen molar-refractivity contribution in [2.24, 2.45) is 11.7 Å². The average Bonchev–Trinajstić information content (AvgIpc) is 3.28. The van der Waals surface area contributed by atoms with Gasteiger partial charge >= 0.3 is 11.9 Å². The Hall–Kier alpha value is -3.67. The number of likely N-dealkylation sites (tertiary alicyclic amines) is 1. The van der Waals surface area contributed by atoms with Crippen LogP contribution in [0.15, 0.2) is 24.3 Å². The normalized spacial score (nSPS) is 17.9. The highest BCUT2D eigenvalue weighted by molar-refractivity contribution is 5.95. The first-order valence-electron chi connectivity index (χ1n) is 11.3. The largest absolute Gasteiger partial charge is 0.508 e. The second-order valence-electron chi connectivity index (χ2n) is 8.89. The average molecular weight is 493 g/mol. The van der Waals surface area contributed by atoms with E-state index in [1.165, 1.54) is 17.0 Å². The Labute approximate surface area is 202 Å². The van der Waals surface area contributed by atoms with E-state index in [2.05, 4.69) is 10.6 Å². The molecule has 1 aliphatic heterocycles. The van der Waals surface area contributed by atoms with E-state index < -0.39 is 60.2 Å². The van der Waals surface area contributed by atoms with Crippen molar-refractivity contribution >= 4 is 29.7 Å². The number of carboxylic acid groups (broad SMARTS) is 2. The van der Waals surface area contributed by atoms with Gasteiger partial charge in [0.05, 0.1) is 12.5 Å². The summed E-state index contributed by atoms with van der Waals surface area (Å²) in [6.07, 6.45) is -0.0279. The van der Waals surface area contributed by atoms with E-state index >= 15 is 0 Å². The van der Waals surface area contributed by atoms with Crippen LogP contribution in [0.3, 0.4) is 0 Å². The summed E-state index contributed by atoms with van der Waals surface area (Å²) in [5.74, 6) is -4.92. The molecule has 1 fully saturated rings. The number of nitrogens with one attached hydrogen (secondary N) is 2. The standard InChI is InChI=1S/C23H32N4O8/c1-12(2)19(24)21(32)25-15(10-13-5-7-14(28)8-6-13)22(33)27-9-3-4-17(27)20(31)26-16(23(34)35)11-18(29)30/h5-8,12,15-17,19,28H,3-4,9-11,24H2,1-2H3,(H,25,32)(H,26,31)(H,29,30)(H,34,35). The molecule has 0 bridgehead atoms. The van der Waals surface area contributed by atoms with Crippen LogP contribution in [0.4, 0.5) is 0 Å². The van der Waals surface area contributed by atoms with E-state index in [0.717, 1.165) is 0 Å². The van der Waals surface area contributed by atoms with Gasteiger partial charge in [0.2, 0.25) is 17.7 Å². The van der Waals surface area contributed by atoms with E-state index in [1.807, 2.05) is 0 Å². The third-order valence-corrected chi connectivity index (χ3v) is 5.84. The molecule has 1 aromatic carbocycles. The minimum atomic E-state index is -1.64. The summed E-state index contributed by atoms with van der Waals surface area (Å²) in [7, 11) is 0. The Morgan fingerprint density at radius 2 is 1.69 bits per heavy atom. The van der Waals surface area contributed by atoms with Gasteiger partial charge in [-0.05, 0) is 36.5 Å². The lowest BCUT2D eigenvalue weighted by molar-refractivity contribution is -0.148. The number of phenols is 1. The molecule has 0 saturated carbocycles. The minimum Gasteiger partial charge on any atom is -0.508 e. The maximum atomic E-state index is 13.5. The smallest absolute Gasteiger partial charge is 0.326 e. The van der Waals surface area contributed by atoms with Gasteiger partial charge in [-0.25, -0.2) is 4.79 Å². The third-order valence-electron chi connectivity index (χ3n) is 5.84. The number of carboxylic acids is 2. The van der Waals surface area contributed by atoms with Crippen molar-refractivity contribution in [3.05, 3.63) is 29.8 Å². The number of phenolic OH excluding ortho intramolecular Hbond substituents is 1. The summed E-state index contributed by atoms with van der Waals surface area (Å²) in [4.78, 5) is 62.5. The van der Waals surface area contributed by atoms with Crippen molar-refractivity contribution in [3.63, 3.8) is 0 Å². The maximum absolute atomic E-state index is 13.5. The van der Waals surface area contributed by atoms with Crippen LogP contribution < -0.4 is 16.4 Å². The molecule has 3 amide bonds. The Balaban J connectivity index is 2.24. The topological polar surface area (TPSA) is 199 Å². The molecule has 0 aromatic heterocycles. The van der Waals surface area contributed by atoms with Gasteiger partial charge in [0.25, 0.3) is 0 Å². The summed E-state index contributed by atoms with van der Waals surface area (Å²) in [5.41, 5.74) is 6.58. The molecule has 12 heteroatoms. The molecule has 7 N–H and O–H groups in total. The van der Waals surface area contributed by atoms with Crippen molar-refractivity contribution in [1.29, 1.82) is 0 Å². The lowest BCUT2D eigenvalue weighted by Crippen LogP contribution is -2.58. The van der Waals surface area contributed by atoms with Gasteiger partial charge in [0.1, 0.15) is 23.9 Å². The first-order valence-corrected chi connectivity index (χ1v) is 11.3. The van der Waals surface area contributed by atoms with E-state index in [4.69, 9.17) is 10.8 Å². The van der Waals surface area contributed by atoms with Crippen LogP contribution in [-0.2, 0) is 30.4 Å². The predicted molar refractivity (Wildman–Crippen MR) is 123 cm³/mol. The molecule has 4 unspecified atom stereocenters. The van der Waals surface area contributed by atoms with Gasteiger partial charge < -0.3 is 36.6 Å². The fourth-order valence-corrected chi connectivity index (χ4v) is 3.78. The number of nitrogens with zero attached hydrogens (tertiary/aromatic N) is 1. The molecule has 1 saturated heterocycles. The van der Waals surface area contributed by atoms with E-state index in [0.29, 0.717) is 12.0 Å². The number of carbonyl (C=O) groups is 5. The molecule has 1 heterocycles. The first-order chi connectivity index (χ1) is 16.4. The quantitative estimate of drug-likeness (QED) is 0.234. The van der Waals surface area contributed by atoms with Crippen molar-refractivity contribution in [2.75, 3.05) is 6.54 Å². The van der Waals surface area contributed by atoms with Crippen LogP contribution in [0.25, 0.3) is 0 Å². The lowest BCUT2D eigenvalue weighted by Gasteiger charge is -2.30. The Kier molecular flexibility index (Phi) is 9.58. The molecule has 0 aliphatic carbocycles. The van der Waals surface area contributed by atoms with Gasteiger partial charge in [-0.15, -0.1) is 0 Å². The minimum absolute atomic E-state index is 0.0353. The lowest BCUT2D eigenvalue weighted by atomic mass is 10.0. The summed E-state index contributed by atoms with van der Waals surface area (Å²) in [6, 6.07) is 1.49. The summed E-state index contributed by atoms with van der Waals surface area (Å²) >= 11 is 0. The molecule has 0 spiro atoms. The summed E-state index contributed by atoms with van der Waals surface area (Å²) in [6.45, 7) is 3.72. The molecule has 35 heavy (non-hydrogen) atoms. The summed E-state index contributed by atoms with van der Waals surface area (Å²) < 4.78 is 0. The molecule has 0 radical (unpaired) electrons. The van der Waals surface area contributed by atoms with Crippen LogP contribution in [0, 0.1) is 5.92 Å². The first kappa shape index (κ1) is 27.6. The number of aromatic hydroxyl groups is 1. The number of benzene rings is 1. The number of amides is 3. The highest BCUT2D eigenvalue weighted by Crippen LogP contribution is 2.21. The van der Waals surface area contributed by atoms with Crippen molar-refractivity contribution in [2.45, 2.75) is 63.7 Å². The Bertz CT molecular complexity index is 949. The second kappa shape index (κ2) is 12.2. The second-order valence-corrected chi connectivity index (χ2v) is 8.89. The number of rotatable bonds is 11. The third kappa shape index (κ3) is 7.67. The molecule has 192 valence electrons. The van der Waals surface area contributed by atoms with E-state index in [1.54, 1.807) is 26.0 Å². The fourth-order valence-electron chi connectivity index (χ4n) is 3.78. The van der Waals surface area contributed by atoms with Crippen molar-refractivity contribution < 1.29 is 39.3 Å². The van der Waals surface area contributed by atoms with Gasteiger partial charge in [-0.1, -0.05) is 26.0 Å².